The minimum Gasteiger partial charge on any atom is -0.382 e. The SMILES string of the molecule is CCc1cccc(C(O)c2cscn2)c1. The highest BCUT2D eigenvalue weighted by molar-refractivity contribution is 7.07. The van der Waals surface area contributed by atoms with E-state index >= 15 is 0 Å². The summed E-state index contributed by atoms with van der Waals surface area (Å²) in [5.74, 6) is 0. The van der Waals surface area contributed by atoms with Gasteiger partial charge in [-0.2, -0.15) is 0 Å². The zero-order valence-electron chi connectivity index (χ0n) is 8.55. The monoisotopic (exact) mass is 219 g/mol. The van der Waals surface area contributed by atoms with Crippen molar-refractivity contribution in [2.24, 2.45) is 0 Å². The maximum Gasteiger partial charge on any atom is 0.122 e. The number of hydrogen-bond acceptors (Lipinski definition) is 3. The molecule has 0 saturated carbocycles. The molecule has 1 aromatic heterocycles. The van der Waals surface area contributed by atoms with Crippen molar-refractivity contribution in [1.29, 1.82) is 0 Å². The summed E-state index contributed by atoms with van der Waals surface area (Å²) in [4.78, 5) is 4.12. The van der Waals surface area contributed by atoms with Crippen LogP contribution < -0.4 is 0 Å². The van der Waals surface area contributed by atoms with Gasteiger partial charge in [0.25, 0.3) is 0 Å². The summed E-state index contributed by atoms with van der Waals surface area (Å²) in [7, 11) is 0. The van der Waals surface area contributed by atoms with Crippen LogP contribution in [0.5, 0.6) is 0 Å². The van der Waals surface area contributed by atoms with Crippen molar-refractivity contribution in [2.45, 2.75) is 19.4 Å². The number of rotatable bonds is 3. The number of aliphatic hydroxyl groups is 1. The van der Waals surface area contributed by atoms with Crippen molar-refractivity contribution < 1.29 is 5.11 Å². The Morgan fingerprint density at radius 2 is 2.33 bits per heavy atom. The Hall–Kier alpha value is -1.19. The standard InChI is InChI=1S/C12H13NOS/c1-2-9-4-3-5-10(6-9)12(14)11-7-15-8-13-11/h3-8,12,14H,2H2,1H3. The predicted octanol–water partition coefficient (Wildman–Crippen LogP) is 2.79. The Morgan fingerprint density at radius 3 is 3.00 bits per heavy atom. The molecule has 1 N–H and O–H groups in total. The number of aryl methyl sites for hydroxylation is 1. The topological polar surface area (TPSA) is 33.1 Å². The largest absolute Gasteiger partial charge is 0.382 e. The van der Waals surface area contributed by atoms with Crippen LogP contribution in [-0.2, 0) is 6.42 Å². The van der Waals surface area contributed by atoms with E-state index < -0.39 is 6.10 Å². The van der Waals surface area contributed by atoms with Gasteiger partial charge in [-0.1, -0.05) is 31.2 Å². The molecule has 1 aromatic carbocycles. The number of benzene rings is 1. The number of hydrogen-bond donors (Lipinski definition) is 1. The first-order valence-corrected chi connectivity index (χ1v) is 5.90. The molecule has 0 bridgehead atoms. The Morgan fingerprint density at radius 1 is 1.47 bits per heavy atom. The summed E-state index contributed by atoms with van der Waals surface area (Å²) in [5.41, 5.74) is 4.62. The van der Waals surface area contributed by atoms with Crippen LogP contribution in [0.15, 0.2) is 35.2 Å². The molecule has 0 aliphatic rings. The second-order valence-electron chi connectivity index (χ2n) is 3.41. The third kappa shape index (κ3) is 2.25. The lowest BCUT2D eigenvalue weighted by Gasteiger charge is -2.09. The molecule has 78 valence electrons. The minimum absolute atomic E-state index is 0.595. The van der Waals surface area contributed by atoms with Gasteiger partial charge in [0.1, 0.15) is 6.10 Å². The summed E-state index contributed by atoms with van der Waals surface area (Å²) in [5, 5.41) is 11.9. The van der Waals surface area contributed by atoms with E-state index in [1.54, 1.807) is 5.51 Å². The predicted molar refractivity (Wildman–Crippen MR) is 62.0 cm³/mol. The number of thiazole rings is 1. The van der Waals surface area contributed by atoms with E-state index in [4.69, 9.17) is 0 Å². The second-order valence-corrected chi connectivity index (χ2v) is 4.13. The molecule has 3 heteroatoms. The summed E-state index contributed by atoms with van der Waals surface area (Å²) >= 11 is 1.50. The highest BCUT2D eigenvalue weighted by Gasteiger charge is 2.11. The smallest absolute Gasteiger partial charge is 0.122 e. The molecule has 0 aliphatic carbocycles. The van der Waals surface area contributed by atoms with Gasteiger partial charge in [-0.05, 0) is 17.5 Å². The fraction of sp³-hybridized carbons (Fsp3) is 0.250. The van der Waals surface area contributed by atoms with E-state index in [1.807, 2.05) is 23.6 Å². The van der Waals surface area contributed by atoms with Crippen molar-refractivity contribution >= 4 is 11.3 Å². The zero-order valence-corrected chi connectivity index (χ0v) is 9.37. The summed E-state index contributed by atoms with van der Waals surface area (Å²) in [6, 6.07) is 8.01. The molecule has 2 aromatic rings. The average Bonchev–Trinajstić information content (AvgIpc) is 2.81. The van der Waals surface area contributed by atoms with Crippen LogP contribution in [0.4, 0.5) is 0 Å². The van der Waals surface area contributed by atoms with Gasteiger partial charge < -0.3 is 5.11 Å². The van der Waals surface area contributed by atoms with Crippen LogP contribution in [0.1, 0.15) is 29.8 Å². The van der Waals surface area contributed by atoms with E-state index in [-0.39, 0.29) is 0 Å². The van der Waals surface area contributed by atoms with E-state index in [0.29, 0.717) is 0 Å². The van der Waals surface area contributed by atoms with E-state index in [0.717, 1.165) is 17.7 Å². The second kappa shape index (κ2) is 4.55. The van der Waals surface area contributed by atoms with E-state index in [9.17, 15) is 5.11 Å². The molecule has 15 heavy (non-hydrogen) atoms. The fourth-order valence-electron chi connectivity index (χ4n) is 1.51. The first-order chi connectivity index (χ1) is 7.31. The summed E-state index contributed by atoms with van der Waals surface area (Å²) < 4.78 is 0. The molecular formula is C12H13NOS. The van der Waals surface area contributed by atoms with Crippen LogP contribution in [0.25, 0.3) is 0 Å². The van der Waals surface area contributed by atoms with Crippen LogP contribution in [0, 0.1) is 0 Å². The van der Waals surface area contributed by atoms with Crippen molar-refractivity contribution in [2.75, 3.05) is 0 Å². The molecule has 0 saturated heterocycles. The molecule has 1 heterocycles. The van der Waals surface area contributed by atoms with E-state index in [2.05, 4.69) is 18.0 Å². The maximum absolute atomic E-state index is 10.0. The number of aliphatic hydroxyl groups excluding tert-OH is 1. The average molecular weight is 219 g/mol. The number of nitrogens with zero attached hydrogens (tertiary/aromatic N) is 1. The maximum atomic E-state index is 10.0. The van der Waals surface area contributed by atoms with Crippen LogP contribution in [0.2, 0.25) is 0 Å². The Balaban J connectivity index is 2.29. The van der Waals surface area contributed by atoms with Crippen LogP contribution in [-0.4, -0.2) is 10.1 Å². The van der Waals surface area contributed by atoms with Gasteiger partial charge in [-0.15, -0.1) is 11.3 Å². The van der Waals surface area contributed by atoms with Gasteiger partial charge in [-0.3, -0.25) is 0 Å². The summed E-state index contributed by atoms with van der Waals surface area (Å²) in [6.07, 6.45) is 0.389. The third-order valence-electron chi connectivity index (χ3n) is 2.41. The molecule has 0 spiro atoms. The first-order valence-electron chi connectivity index (χ1n) is 4.96. The highest BCUT2D eigenvalue weighted by atomic mass is 32.1. The van der Waals surface area contributed by atoms with Crippen LogP contribution in [0.3, 0.4) is 0 Å². The lowest BCUT2D eigenvalue weighted by molar-refractivity contribution is 0.216. The Bertz CT molecular complexity index is 425. The first kappa shape index (κ1) is 10.3. The Kier molecular flexibility index (Phi) is 3.14. The molecule has 0 aliphatic heterocycles. The van der Waals surface area contributed by atoms with Gasteiger partial charge >= 0.3 is 0 Å². The van der Waals surface area contributed by atoms with Gasteiger partial charge in [-0.25, -0.2) is 4.98 Å². The fourth-order valence-corrected chi connectivity index (χ4v) is 2.08. The van der Waals surface area contributed by atoms with Gasteiger partial charge in [0.05, 0.1) is 11.2 Å². The van der Waals surface area contributed by atoms with Crippen LogP contribution >= 0.6 is 11.3 Å². The van der Waals surface area contributed by atoms with Gasteiger partial charge in [0.15, 0.2) is 0 Å². The van der Waals surface area contributed by atoms with Crippen molar-refractivity contribution in [3.05, 3.63) is 52.0 Å². The lowest BCUT2D eigenvalue weighted by Crippen LogP contribution is -2.00. The minimum atomic E-state index is -0.595. The molecular weight excluding hydrogens is 206 g/mol. The van der Waals surface area contributed by atoms with Gasteiger partial charge in [0.2, 0.25) is 0 Å². The molecule has 0 amide bonds. The molecule has 1 unspecified atom stereocenters. The molecule has 0 fully saturated rings. The third-order valence-corrected chi connectivity index (χ3v) is 3.01. The molecule has 2 rings (SSSR count). The molecule has 2 nitrogen and oxygen atoms in total. The number of aromatic nitrogens is 1. The van der Waals surface area contributed by atoms with E-state index in [1.165, 1.54) is 16.9 Å². The molecule has 0 radical (unpaired) electrons. The van der Waals surface area contributed by atoms with Crippen molar-refractivity contribution in [3.8, 4) is 0 Å². The quantitative estimate of drug-likeness (QED) is 0.861. The highest BCUT2D eigenvalue weighted by Crippen LogP contribution is 2.22. The van der Waals surface area contributed by atoms with Gasteiger partial charge in [0, 0.05) is 5.38 Å². The molecule has 1 atom stereocenters. The normalized spacial score (nSPS) is 12.7. The van der Waals surface area contributed by atoms with Crippen molar-refractivity contribution in [3.63, 3.8) is 0 Å². The lowest BCUT2D eigenvalue weighted by atomic mass is 10.0. The summed E-state index contributed by atoms with van der Waals surface area (Å²) in [6.45, 7) is 2.11. The Labute approximate surface area is 93.2 Å². The van der Waals surface area contributed by atoms with Crippen molar-refractivity contribution in [1.82, 2.24) is 4.98 Å². The zero-order chi connectivity index (χ0) is 10.7.